The van der Waals surface area contributed by atoms with Crippen LogP contribution in [0.4, 0.5) is 29.1 Å². The molecule has 6 nitrogen and oxygen atoms in total. The Kier molecular flexibility index (Phi) is 5.90. The van der Waals surface area contributed by atoms with Gasteiger partial charge in [0.15, 0.2) is 11.7 Å². The summed E-state index contributed by atoms with van der Waals surface area (Å²) >= 11 is 0. The summed E-state index contributed by atoms with van der Waals surface area (Å²) in [7, 11) is 0. The minimum absolute atomic E-state index is 0.0125. The lowest BCUT2D eigenvalue weighted by atomic mass is 9.96. The highest BCUT2D eigenvalue weighted by Crippen LogP contribution is 2.43. The summed E-state index contributed by atoms with van der Waals surface area (Å²) in [5, 5.41) is 7.23. The van der Waals surface area contributed by atoms with Gasteiger partial charge in [-0.1, -0.05) is 29.8 Å². The number of aryl methyl sites for hydroxylation is 1. The van der Waals surface area contributed by atoms with Gasteiger partial charge < -0.3 is 15.1 Å². The number of carbonyl (C=O) groups is 1. The first-order valence-electron chi connectivity index (χ1n) is 11.5. The zero-order valence-electron chi connectivity index (χ0n) is 19.1. The molecule has 0 radical (unpaired) electrons. The molecule has 1 saturated heterocycles. The van der Waals surface area contributed by atoms with E-state index in [2.05, 4.69) is 10.4 Å². The number of benzene rings is 2. The van der Waals surface area contributed by atoms with Crippen molar-refractivity contribution in [2.75, 3.05) is 36.4 Å². The van der Waals surface area contributed by atoms with Crippen LogP contribution in [0, 0.1) is 12.7 Å². The van der Waals surface area contributed by atoms with E-state index in [4.69, 9.17) is 0 Å². The van der Waals surface area contributed by atoms with E-state index < -0.39 is 24.2 Å². The molecule has 3 aromatic rings. The van der Waals surface area contributed by atoms with Crippen LogP contribution in [-0.4, -0.2) is 52.9 Å². The van der Waals surface area contributed by atoms with Crippen molar-refractivity contribution in [3.8, 4) is 0 Å². The number of piperazine rings is 1. The van der Waals surface area contributed by atoms with Crippen molar-refractivity contribution in [2.24, 2.45) is 0 Å². The fourth-order valence-corrected chi connectivity index (χ4v) is 4.68. The van der Waals surface area contributed by atoms with E-state index in [1.165, 1.54) is 18.2 Å². The summed E-state index contributed by atoms with van der Waals surface area (Å²) in [6.07, 6.45) is -4.72. The van der Waals surface area contributed by atoms with Gasteiger partial charge in [-0.05, 0) is 36.8 Å². The lowest BCUT2D eigenvalue weighted by molar-refractivity contribution is -0.173. The van der Waals surface area contributed by atoms with Crippen LogP contribution < -0.4 is 10.2 Å². The van der Waals surface area contributed by atoms with Crippen LogP contribution in [-0.2, 0) is 0 Å². The molecule has 2 atom stereocenters. The highest BCUT2D eigenvalue weighted by molar-refractivity contribution is 5.93. The summed E-state index contributed by atoms with van der Waals surface area (Å²) in [4.78, 5) is 16.8. The number of carbonyl (C=O) groups excluding carboxylic acids is 1. The Bertz CT molecular complexity index is 1200. The third kappa shape index (κ3) is 4.69. The predicted molar refractivity (Wildman–Crippen MR) is 124 cm³/mol. The topological polar surface area (TPSA) is 53.4 Å². The van der Waals surface area contributed by atoms with Crippen molar-refractivity contribution >= 4 is 17.4 Å². The van der Waals surface area contributed by atoms with Gasteiger partial charge in [0.2, 0.25) is 0 Å². The Hall–Kier alpha value is -3.56. The van der Waals surface area contributed by atoms with Crippen LogP contribution in [0.5, 0.6) is 0 Å². The van der Waals surface area contributed by atoms with E-state index in [-0.39, 0.29) is 23.7 Å². The molecule has 5 rings (SSSR count). The molecule has 0 unspecified atom stereocenters. The van der Waals surface area contributed by atoms with Gasteiger partial charge >= 0.3 is 6.18 Å². The Morgan fingerprint density at radius 2 is 1.66 bits per heavy atom. The second-order valence-corrected chi connectivity index (χ2v) is 9.02. The average molecular weight is 488 g/mol. The van der Waals surface area contributed by atoms with Gasteiger partial charge in [-0.25, -0.2) is 9.07 Å². The minimum Gasteiger partial charge on any atom is -0.368 e. The van der Waals surface area contributed by atoms with Crippen molar-refractivity contribution in [3.05, 3.63) is 77.2 Å². The molecule has 0 bridgehead atoms. The summed E-state index contributed by atoms with van der Waals surface area (Å²) in [6.45, 7) is 3.76. The Morgan fingerprint density at radius 3 is 2.29 bits per heavy atom. The molecule has 1 fully saturated rings. The van der Waals surface area contributed by atoms with E-state index in [1.54, 1.807) is 17.0 Å². The number of anilines is 2. The molecule has 10 heteroatoms. The maximum absolute atomic E-state index is 14.0. The SMILES string of the molecule is Cc1ccc([C@@H]2C[C@H](C(F)(F)F)n3nc(C(=O)N4CCN(c5ccc(F)cc5)CC4)cc3N2)cc1. The maximum atomic E-state index is 14.0. The van der Waals surface area contributed by atoms with Crippen LogP contribution >= 0.6 is 0 Å². The number of hydrogen-bond acceptors (Lipinski definition) is 4. The number of aromatic nitrogens is 2. The summed E-state index contributed by atoms with van der Waals surface area (Å²) < 4.78 is 55.9. The maximum Gasteiger partial charge on any atom is 0.410 e. The van der Waals surface area contributed by atoms with Gasteiger partial charge in [-0.2, -0.15) is 18.3 Å². The summed E-state index contributed by atoms with van der Waals surface area (Å²) in [5.41, 5.74) is 2.62. The number of fused-ring (bicyclic) bond motifs is 1. The highest BCUT2D eigenvalue weighted by atomic mass is 19.4. The molecule has 0 spiro atoms. The van der Waals surface area contributed by atoms with E-state index in [0.717, 1.165) is 21.5 Å². The van der Waals surface area contributed by atoms with Crippen LogP contribution in [0.25, 0.3) is 0 Å². The first-order valence-corrected chi connectivity index (χ1v) is 11.5. The summed E-state index contributed by atoms with van der Waals surface area (Å²) in [5.74, 6) is -0.542. The second kappa shape index (κ2) is 8.90. The first-order chi connectivity index (χ1) is 16.7. The van der Waals surface area contributed by atoms with Crippen LogP contribution in [0.3, 0.4) is 0 Å². The molecule has 2 aromatic carbocycles. The Labute approximate surface area is 200 Å². The van der Waals surface area contributed by atoms with Crippen molar-refractivity contribution in [1.29, 1.82) is 0 Å². The van der Waals surface area contributed by atoms with Crippen LogP contribution in [0.2, 0.25) is 0 Å². The Balaban J connectivity index is 1.33. The molecule has 0 aliphatic carbocycles. The van der Waals surface area contributed by atoms with Crippen molar-refractivity contribution in [1.82, 2.24) is 14.7 Å². The van der Waals surface area contributed by atoms with E-state index >= 15 is 0 Å². The van der Waals surface area contributed by atoms with Gasteiger partial charge in [0, 0.05) is 44.4 Å². The zero-order chi connectivity index (χ0) is 24.7. The molecular weight excluding hydrogens is 462 g/mol. The largest absolute Gasteiger partial charge is 0.410 e. The van der Waals surface area contributed by atoms with Crippen LogP contribution in [0.1, 0.15) is 40.1 Å². The number of nitrogens with zero attached hydrogens (tertiary/aromatic N) is 4. The second-order valence-electron chi connectivity index (χ2n) is 9.02. The monoisotopic (exact) mass is 487 g/mol. The number of halogens is 4. The number of nitrogens with one attached hydrogen (secondary N) is 1. The van der Waals surface area contributed by atoms with Crippen LogP contribution in [0.15, 0.2) is 54.6 Å². The number of alkyl halides is 3. The molecule has 35 heavy (non-hydrogen) atoms. The molecule has 0 saturated carbocycles. The quantitative estimate of drug-likeness (QED) is 0.531. The standard InChI is InChI=1S/C25H25F4N5O/c1-16-2-4-17(5-3-16)20-14-22(25(27,28)29)34-23(30-20)15-21(31-34)24(35)33-12-10-32(11-13-33)19-8-6-18(26)7-9-19/h2-9,15,20,22,30H,10-14H2,1H3/t20-,22+/m0/s1. The average Bonchev–Trinajstić information content (AvgIpc) is 3.27. The van der Waals surface area contributed by atoms with Crippen molar-refractivity contribution in [3.63, 3.8) is 0 Å². The molecule has 1 aromatic heterocycles. The third-order valence-electron chi connectivity index (χ3n) is 6.65. The first kappa shape index (κ1) is 23.2. The van der Waals surface area contributed by atoms with Gasteiger partial charge in [-0.15, -0.1) is 0 Å². The molecule has 3 heterocycles. The smallest absolute Gasteiger partial charge is 0.368 e. The lowest BCUT2D eigenvalue weighted by Gasteiger charge is -2.35. The molecule has 1 amide bonds. The third-order valence-corrected chi connectivity index (χ3v) is 6.65. The van der Waals surface area contributed by atoms with Gasteiger partial charge in [-0.3, -0.25) is 4.79 Å². The van der Waals surface area contributed by atoms with E-state index in [0.29, 0.717) is 26.2 Å². The zero-order valence-corrected chi connectivity index (χ0v) is 19.1. The molecule has 184 valence electrons. The normalized spacial score (nSPS) is 20.4. The Morgan fingerprint density at radius 1 is 1.00 bits per heavy atom. The molecular formula is C25H25F4N5O. The summed E-state index contributed by atoms with van der Waals surface area (Å²) in [6, 6.07) is 12.5. The fourth-order valence-electron chi connectivity index (χ4n) is 4.68. The van der Waals surface area contributed by atoms with Crippen molar-refractivity contribution in [2.45, 2.75) is 31.6 Å². The molecule has 2 aliphatic heterocycles. The molecule has 2 aliphatic rings. The number of amides is 1. The van der Waals surface area contributed by atoms with E-state index in [1.807, 2.05) is 36.1 Å². The fraction of sp³-hybridized carbons (Fsp3) is 0.360. The van der Waals surface area contributed by atoms with Gasteiger partial charge in [0.1, 0.15) is 11.6 Å². The van der Waals surface area contributed by atoms with E-state index in [9.17, 15) is 22.4 Å². The molecule has 1 N–H and O–H groups in total. The highest BCUT2D eigenvalue weighted by Gasteiger charge is 2.47. The predicted octanol–water partition coefficient (Wildman–Crippen LogP) is 4.95. The minimum atomic E-state index is -4.51. The van der Waals surface area contributed by atoms with Crippen molar-refractivity contribution < 1.29 is 22.4 Å². The van der Waals surface area contributed by atoms with Gasteiger partial charge in [0.05, 0.1) is 6.04 Å². The number of hydrogen-bond donors (Lipinski definition) is 1. The number of rotatable bonds is 3. The van der Waals surface area contributed by atoms with Gasteiger partial charge in [0.25, 0.3) is 5.91 Å². The lowest BCUT2D eigenvalue weighted by Crippen LogP contribution is -2.49.